The van der Waals surface area contributed by atoms with Crippen LogP contribution in [0.4, 0.5) is 0 Å². The van der Waals surface area contributed by atoms with Gasteiger partial charge in [0.2, 0.25) is 0 Å². The van der Waals surface area contributed by atoms with Crippen molar-refractivity contribution in [2.24, 2.45) is 0 Å². The Morgan fingerprint density at radius 2 is 2.03 bits per heavy atom. The number of phenolic OH excluding ortho intramolecular Hbond substituents is 1. The predicted octanol–water partition coefficient (Wildman–Crippen LogP) is 4.85. The van der Waals surface area contributed by atoms with Crippen molar-refractivity contribution in [1.82, 2.24) is 14.8 Å². The van der Waals surface area contributed by atoms with Gasteiger partial charge in [-0.2, -0.15) is 0 Å². The Hall–Kier alpha value is -3.32. The van der Waals surface area contributed by atoms with Crippen LogP contribution in [-0.2, 0) is 12.3 Å². The van der Waals surface area contributed by atoms with Crippen LogP contribution in [0.5, 0.6) is 5.75 Å². The molecule has 0 aliphatic rings. The van der Waals surface area contributed by atoms with Crippen molar-refractivity contribution in [3.8, 4) is 17.1 Å². The van der Waals surface area contributed by atoms with E-state index in [4.69, 9.17) is 4.42 Å². The number of thioether (sulfide) groups is 1. The minimum absolute atomic E-state index is 0.101. The molecule has 0 unspecified atom stereocenters. The predicted molar refractivity (Wildman–Crippen MR) is 119 cm³/mol. The van der Waals surface area contributed by atoms with Crippen molar-refractivity contribution in [2.75, 3.05) is 0 Å². The fraction of sp³-hybridized carbons (Fsp3) is 0.174. The van der Waals surface area contributed by atoms with Crippen LogP contribution in [0, 0.1) is 13.8 Å². The minimum Gasteiger partial charge on any atom is -0.508 e. The summed E-state index contributed by atoms with van der Waals surface area (Å²) in [6.45, 7) is 8.20. The zero-order valence-corrected chi connectivity index (χ0v) is 17.6. The molecule has 0 saturated carbocycles. The maximum absolute atomic E-state index is 12.1. The fourth-order valence-electron chi connectivity index (χ4n) is 3.36. The van der Waals surface area contributed by atoms with Gasteiger partial charge in [0.05, 0.1) is 0 Å². The molecule has 0 fully saturated rings. The van der Waals surface area contributed by atoms with Crippen LogP contribution < -0.4 is 5.63 Å². The largest absolute Gasteiger partial charge is 0.508 e. The van der Waals surface area contributed by atoms with E-state index in [9.17, 15) is 9.90 Å². The quantitative estimate of drug-likeness (QED) is 0.273. The van der Waals surface area contributed by atoms with Gasteiger partial charge in [-0.1, -0.05) is 41.6 Å². The number of hydrogen-bond donors (Lipinski definition) is 1. The van der Waals surface area contributed by atoms with Crippen molar-refractivity contribution in [2.45, 2.75) is 31.3 Å². The molecule has 2 heterocycles. The van der Waals surface area contributed by atoms with Crippen LogP contribution in [0.25, 0.3) is 22.4 Å². The summed E-state index contributed by atoms with van der Waals surface area (Å²) in [5.41, 5.74) is 3.47. The number of allylic oxidation sites excluding steroid dienone is 1. The molecule has 0 spiro atoms. The van der Waals surface area contributed by atoms with Gasteiger partial charge < -0.3 is 9.52 Å². The number of aromatic hydroxyl groups is 1. The van der Waals surface area contributed by atoms with Gasteiger partial charge in [0.25, 0.3) is 0 Å². The van der Waals surface area contributed by atoms with Gasteiger partial charge in [0.15, 0.2) is 11.0 Å². The molecular formula is C23H21N3O3S. The molecule has 30 heavy (non-hydrogen) atoms. The number of aromatic nitrogens is 3. The zero-order valence-electron chi connectivity index (χ0n) is 16.8. The summed E-state index contributed by atoms with van der Waals surface area (Å²) in [6, 6.07) is 13.0. The van der Waals surface area contributed by atoms with Crippen LogP contribution in [0.3, 0.4) is 0 Å². The molecule has 4 aromatic rings. The van der Waals surface area contributed by atoms with E-state index in [0.29, 0.717) is 23.4 Å². The summed E-state index contributed by atoms with van der Waals surface area (Å²) in [6.07, 6.45) is 1.81. The molecule has 0 bridgehead atoms. The van der Waals surface area contributed by atoms with E-state index < -0.39 is 5.63 Å². The lowest BCUT2D eigenvalue weighted by molar-refractivity contribution is 0.468. The summed E-state index contributed by atoms with van der Waals surface area (Å²) < 4.78 is 7.34. The summed E-state index contributed by atoms with van der Waals surface area (Å²) in [5, 5.41) is 20.2. The molecule has 2 aromatic carbocycles. The van der Waals surface area contributed by atoms with E-state index in [2.05, 4.69) is 22.8 Å². The highest BCUT2D eigenvalue weighted by atomic mass is 32.2. The van der Waals surface area contributed by atoms with Gasteiger partial charge in [0, 0.05) is 34.9 Å². The third-order valence-corrected chi connectivity index (χ3v) is 5.90. The maximum Gasteiger partial charge on any atom is 0.336 e. The minimum atomic E-state index is -0.445. The molecule has 0 aliphatic carbocycles. The van der Waals surface area contributed by atoms with Gasteiger partial charge in [-0.15, -0.1) is 16.8 Å². The van der Waals surface area contributed by atoms with Crippen LogP contribution in [0.2, 0.25) is 0 Å². The van der Waals surface area contributed by atoms with Crippen LogP contribution in [0.1, 0.15) is 16.7 Å². The summed E-state index contributed by atoms with van der Waals surface area (Å²) in [7, 11) is 0. The highest BCUT2D eigenvalue weighted by molar-refractivity contribution is 7.98. The lowest BCUT2D eigenvalue weighted by Crippen LogP contribution is -2.03. The van der Waals surface area contributed by atoms with E-state index >= 15 is 0 Å². The van der Waals surface area contributed by atoms with Crippen molar-refractivity contribution in [3.63, 3.8) is 0 Å². The molecule has 1 N–H and O–H groups in total. The molecule has 0 radical (unpaired) electrons. The average molecular weight is 420 g/mol. The molecule has 0 atom stereocenters. The second kappa shape index (κ2) is 8.20. The van der Waals surface area contributed by atoms with Crippen LogP contribution >= 0.6 is 11.8 Å². The monoisotopic (exact) mass is 419 g/mol. The fourth-order valence-corrected chi connectivity index (χ4v) is 4.30. The zero-order chi connectivity index (χ0) is 21.3. The molecule has 152 valence electrons. The average Bonchev–Trinajstić information content (AvgIpc) is 3.12. The molecule has 7 heteroatoms. The number of phenols is 1. The number of hydrogen-bond acceptors (Lipinski definition) is 6. The summed E-state index contributed by atoms with van der Waals surface area (Å²) in [4.78, 5) is 12.1. The highest BCUT2D eigenvalue weighted by Crippen LogP contribution is 2.31. The number of rotatable bonds is 6. The molecular weight excluding hydrogens is 398 g/mol. The van der Waals surface area contributed by atoms with Crippen molar-refractivity contribution in [1.29, 1.82) is 0 Å². The Labute approximate surface area is 177 Å². The van der Waals surface area contributed by atoms with Crippen molar-refractivity contribution >= 4 is 22.7 Å². The van der Waals surface area contributed by atoms with Crippen molar-refractivity contribution < 1.29 is 9.52 Å². The standard InChI is InChI=1S/C23H21N3O3S/c1-4-10-26-22(16-7-5-6-14(2)11-16)24-25-23(26)30-13-17-12-20(28)29-21-15(3)19(27)9-8-18(17)21/h4-9,11-12,27H,1,10,13H2,2-3H3. The van der Waals surface area contributed by atoms with E-state index in [1.54, 1.807) is 19.1 Å². The van der Waals surface area contributed by atoms with E-state index in [1.807, 2.05) is 35.8 Å². The maximum atomic E-state index is 12.1. The smallest absolute Gasteiger partial charge is 0.336 e. The second-order valence-electron chi connectivity index (χ2n) is 7.04. The van der Waals surface area contributed by atoms with E-state index in [0.717, 1.165) is 33.1 Å². The summed E-state index contributed by atoms with van der Waals surface area (Å²) in [5.74, 6) is 1.39. The van der Waals surface area contributed by atoms with Crippen LogP contribution in [0.15, 0.2) is 69.5 Å². The third-order valence-electron chi connectivity index (χ3n) is 4.88. The summed E-state index contributed by atoms with van der Waals surface area (Å²) >= 11 is 1.49. The Bertz CT molecular complexity index is 1310. The topological polar surface area (TPSA) is 81.2 Å². The third kappa shape index (κ3) is 3.76. The first kappa shape index (κ1) is 20.0. The van der Waals surface area contributed by atoms with Gasteiger partial charge in [-0.3, -0.25) is 4.57 Å². The van der Waals surface area contributed by atoms with Crippen LogP contribution in [-0.4, -0.2) is 19.9 Å². The Balaban J connectivity index is 1.70. The Morgan fingerprint density at radius 3 is 2.80 bits per heavy atom. The number of aryl methyl sites for hydroxylation is 2. The van der Waals surface area contributed by atoms with Crippen molar-refractivity contribution in [3.05, 3.63) is 82.2 Å². The Kier molecular flexibility index (Phi) is 5.46. The Morgan fingerprint density at radius 1 is 1.20 bits per heavy atom. The number of benzene rings is 2. The first-order valence-corrected chi connectivity index (χ1v) is 10.5. The van der Waals surface area contributed by atoms with Gasteiger partial charge >= 0.3 is 5.63 Å². The molecule has 2 aromatic heterocycles. The lowest BCUT2D eigenvalue weighted by Gasteiger charge is -2.10. The highest BCUT2D eigenvalue weighted by Gasteiger charge is 2.16. The SMILES string of the molecule is C=CCn1c(SCc2cc(=O)oc3c(C)c(O)ccc23)nnc1-c1cccc(C)c1. The molecule has 0 amide bonds. The van der Waals surface area contributed by atoms with E-state index in [1.165, 1.54) is 17.8 Å². The first-order valence-electron chi connectivity index (χ1n) is 9.47. The van der Waals surface area contributed by atoms with Gasteiger partial charge in [-0.05, 0) is 37.6 Å². The first-order chi connectivity index (χ1) is 14.5. The van der Waals surface area contributed by atoms with E-state index in [-0.39, 0.29) is 5.75 Å². The van der Waals surface area contributed by atoms with Gasteiger partial charge in [-0.25, -0.2) is 4.79 Å². The number of nitrogens with zero attached hydrogens (tertiary/aromatic N) is 3. The second-order valence-corrected chi connectivity index (χ2v) is 7.98. The molecule has 4 rings (SSSR count). The normalized spacial score (nSPS) is 11.1. The molecule has 6 nitrogen and oxygen atoms in total. The number of fused-ring (bicyclic) bond motifs is 1. The van der Waals surface area contributed by atoms with Gasteiger partial charge in [0.1, 0.15) is 11.3 Å². The molecule has 0 aliphatic heterocycles. The molecule has 0 saturated heterocycles. The lowest BCUT2D eigenvalue weighted by atomic mass is 10.1.